The smallest absolute Gasteiger partial charge is 0.303 e. The van der Waals surface area contributed by atoms with E-state index in [0.717, 1.165) is 83.1 Å². The van der Waals surface area contributed by atoms with Gasteiger partial charge in [0, 0.05) is 83.1 Å². The van der Waals surface area contributed by atoms with Crippen LogP contribution in [0.4, 0.5) is 0 Å². The Morgan fingerprint density at radius 2 is 0.469 bits per heavy atom. The Morgan fingerprint density at radius 3 is 0.654 bits per heavy atom. The zero-order chi connectivity index (χ0) is 60.4. The largest absolute Gasteiger partial charge is 0.463 e. The summed E-state index contributed by atoms with van der Waals surface area (Å²) in [6.45, 7) is 9.32. The predicted molar refractivity (Wildman–Crippen MR) is 257 cm³/mol. The molecule has 1 aromatic rings. The first kappa shape index (κ1) is 66.1. The standard InChI is InChI=1S/C51H66O30/c1-22(52)64-19-37-40(70-25(4)55)43(73-28(7)58)46(76-31(10)61)49(79-37)67-16-34-13-35(17-68-50-47(77-32(11)62)44(74-29(8)59)41(71-26(5)56)38(80-50)20-65-23(2)53)15-36(14-34)18-69-51-48(78-33(12)63)45(75-30(9)60)42(72-27(6)57)39(81-51)21-66-24(3)54/h13-15,37-51H,16-21H2,1-12H3/t37-,38-,39-,40-,41-,42-,43+,44+,45+,46-,47-,48-,49+,50+,51+/m1/s1. The van der Waals surface area contributed by atoms with Crippen LogP contribution < -0.4 is 0 Å². The average molecular weight is 1160 g/mol. The molecule has 1 aromatic carbocycles. The molecule has 0 spiro atoms. The molecule has 450 valence electrons. The molecule has 15 atom stereocenters. The molecular formula is C51H66O30. The highest BCUT2D eigenvalue weighted by molar-refractivity contribution is 5.71. The number of hydrogen-bond donors (Lipinski definition) is 0. The molecule has 0 aromatic heterocycles. The van der Waals surface area contributed by atoms with Crippen LogP contribution in [0.15, 0.2) is 18.2 Å². The number of hydrogen-bond acceptors (Lipinski definition) is 30. The van der Waals surface area contributed by atoms with Crippen molar-refractivity contribution in [2.24, 2.45) is 0 Å². The van der Waals surface area contributed by atoms with E-state index in [2.05, 4.69) is 0 Å². The Bertz CT molecular complexity index is 2180. The quantitative estimate of drug-likeness (QED) is 0.100. The van der Waals surface area contributed by atoms with E-state index < -0.39 is 203 Å². The lowest BCUT2D eigenvalue weighted by molar-refractivity contribution is -0.311. The maximum atomic E-state index is 12.6. The van der Waals surface area contributed by atoms with E-state index in [1.165, 1.54) is 18.2 Å². The molecule has 0 amide bonds. The molecule has 0 radical (unpaired) electrons. The topological polar surface area (TPSA) is 371 Å². The van der Waals surface area contributed by atoms with Gasteiger partial charge >= 0.3 is 71.6 Å². The van der Waals surface area contributed by atoms with Crippen molar-refractivity contribution in [3.8, 4) is 0 Å². The Kier molecular flexibility index (Phi) is 25.3. The molecule has 81 heavy (non-hydrogen) atoms. The molecule has 0 unspecified atom stereocenters. The second kappa shape index (κ2) is 31.0. The number of esters is 12. The minimum Gasteiger partial charge on any atom is -0.463 e. The highest BCUT2D eigenvalue weighted by Crippen LogP contribution is 2.34. The predicted octanol–water partition coefficient (Wildman–Crippen LogP) is 0.486. The van der Waals surface area contributed by atoms with Gasteiger partial charge in [0.1, 0.15) is 38.1 Å². The van der Waals surface area contributed by atoms with E-state index in [0.29, 0.717) is 0 Å². The van der Waals surface area contributed by atoms with Crippen LogP contribution in [-0.2, 0) is 163 Å². The second-order valence-electron chi connectivity index (χ2n) is 18.3. The number of rotatable bonds is 24. The Morgan fingerprint density at radius 1 is 0.284 bits per heavy atom. The summed E-state index contributed by atoms with van der Waals surface area (Å²) in [5.74, 6) is -10.4. The third-order valence-electron chi connectivity index (χ3n) is 11.2. The molecule has 3 aliphatic rings. The van der Waals surface area contributed by atoms with E-state index >= 15 is 0 Å². The van der Waals surface area contributed by atoms with Gasteiger partial charge in [-0.2, -0.15) is 0 Å². The van der Waals surface area contributed by atoms with Crippen LogP contribution in [0, 0.1) is 0 Å². The maximum Gasteiger partial charge on any atom is 0.303 e. The van der Waals surface area contributed by atoms with Crippen LogP contribution in [0.2, 0.25) is 0 Å². The fraction of sp³-hybridized carbons (Fsp3) is 0.647. The third-order valence-corrected chi connectivity index (χ3v) is 11.2. The van der Waals surface area contributed by atoms with Gasteiger partial charge in [0.15, 0.2) is 73.8 Å². The molecule has 30 heteroatoms. The molecule has 3 saturated heterocycles. The highest BCUT2D eigenvalue weighted by Gasteiger charge is 2.56. The lowest BCUT2D eigenvalue weighted by atomic mass is 9.98. The summed E-state index contributed by atoms with van der Waals surface area (Å²) in [5, 5.41) is 0. The van der Waals surface area contributed by atoms with Crippen molar-refractivity contribution in [3.05, 3.63) is 34.9 Å². The molecule has 0 saturated carbocycles. The Labute approximate surface area is 463 Å². The molecule has 4 rings (SSSR count). The average Bonchev–Trinajstić information content (AvgIpc) is 3.50. The van der Waals surface area contributed by atoms with Crippen molar-refractivity contribution in [2.45, 2.75) is 195 Å². The molecule has 3 aliphatic heterocycles. The fourth-order valence-electron chi connectivity index (χ4n) is 8.59. The zero-order valence-corrected chi connectivity index (χ0v) is 46.4. The molecule has 3 heterocycles. The first-order chi connectivity index (χ1) is 38.0. The Hall–Kier alpha value is -7.38. The summed E-state index contributed by atoms with van der Waals surface area (Å²) in [6.07, 6.45) is -23.6. The van der Waals surface area contributed by atoms with Gasteiger partial charge < -0.3 is 85.3 Å². The van der Waals surface area contributed by atoms with E-state index in [1.807, 2.05) is 0 Å². The third kappa shape index (κ3) is 21.2. The molecule has 0 aliphatic carbocycles. The number of benzene rings is 1. The maximum absolute atomic E-state index is 12.6. The molecule has 3 fully saturated rings. The van der Waals surface area contributed by atoms with Gasteiger partial charge in [-0.15, -0.1) is 0 Å². The fourth-order valence-corrected chi connectivity index (χ4v) is 8.59. The van der Waals surface area contributed by atoms with Gasteiger partial charge in [-0.1, -0.05) is 18.2 Å². The minimum atomic E-state index is -1.68. The first-order valence-corrected chi connectivity index (χ1v) is 24.9. The summed E-state index contributed by atoms with van der Waals surface area (Å²) >= 11 is 0. The van der Waals surface area contributed by atoms with Crippen molar-refractivity contribution in [3.63, 3.8) is 0 Å². The van der Waals surface area contributed by atoms with Crippen molar-refractivity contribution >= 4 is 71.6 Å². The second-order valence-corrected chi connectivity index (χ2v) is 18.3. The van der Waals surface area contributed by atoms with Crippen molar-refractivity contribution in [1.29, 1.82) is 0 Å². The van der Waals surface area contributed by atoms with Gasteiger partial charge in [0.25, 0.3) is 0 Å². The van der Waals surface area contributed by atoms with E-state index in [1.54, 1.807) is 0 Å². The number of ether oxygens (including phenoxy) is 18. The van der Waals surface area contributed by atoms with E-state index in [4.69, 9.17) is 85.3 Å². The van der Waals surface area contributed by atoms with Crippen molar-refractivity contribution in [2.75, 3.05) is 19.8 Å². The lowest BCUT2D eigenvalue weighted by Crippen LogP contribution is -2.63. The van der Waals surface area contributed by atoms with Gasteiger partial charge in [-0.3, -0.25) is 57.5 Å². The highest BCUT2D eigenvalue weighted by atomic mass is 16.8. The van der Waals surface area contributed by atoms with Gasteiger partial charge in [0.05, 0.1) is 19.8 Å². The van der Waals surface area contributed by atoms with Gasteiger partial charge in [0.2, 0.25) is 0 Å². The summed E-state index contributed by atoms with van der Waals surface area (Å²) < 4.78 is 102. The van der Waals surface area contributed by atoms with Gasteiger partial charge in [-0.05, 0) is 16.7 Å². The summed E-state index contributed by atoms with van der Waals surface area (Å²) in [5.41, 5.74) is 0.641. The van der Waals surface area contributed by atoms with Crippen molar-refractivity contribution < 1.29 is 143 Å². The van der Waals surface area contributed by atoms with Crippen LogP contribution in [0.3, 0.4) is 0 Å². The lowest BCUT2D eigenvalue weighted by Gasteiger charge is -2.44. The van der Waals surface area contributed by atoms with Crippen molar-refractivity contribution in [1.82, 2.24) is 0 Å². The first-order valence-electron chi connectivity index (χ1n) is 24.9. The molecule has 0 N–H and O–H groups in total. The number of carbonyl (C=O) groups excluding carboxylic acids is 12. The van der Waals surface area contributed by atoms with E-state index in [-0.39, 0.29) is 16.7 Å². The molecule has 0 bridgehead atoms. The normalized spacial score (nSPS) is 27.8. The minimum absolute atomic E-state index is 0.214. The van der Waals surface area contributed by atoms with Crippen LogP contribution in [0.25, 0.3) is 0 Å². The Balaban J connectivity index is 1.86. The SMILES string of the molecule is CC(=O)OC[C@H]1O[C@H](OCc2cc(CO[C@H]3O[C@H](COC(C)=O)[C@@H](OC(C)=O)[C@H](OC(C)=O)[C@H]3OC(C)=O)cc(CO[C@H]3O[C@H](COC(C)=O)[C@@H](OC(C)=O)[C@H](OC(C)=O)[C@H]3OC(C)=O)c2)[C@H](OC(C)=O)[C@@H](OC(C)=O)[C@@H]1OC(C)=O. The summed E-state index contributed by atoms with van der Waals surface area (Å²) in [6, 6.07) is 4.48. The summed E-state index contributed by atoms with van der Waals surface area (Å²) in [4.78, 5) is 148. The van der Waals surface area contributed by atoms with Gasteiger partial charge in [-0.25, -0.2) is 0 Å². The van der Waals surface area contributed by atoms with E-state index in [9.17, 15) is 57.5 Å². The van der Waals surface area contributed by atoms with Crippen LogP contribution in [-0.4, -0.2) is 184 Å². The zero-order valence-electron chi connectivity index (χ0n) is 46.4. The monoisotopic (exact) mass is 1160 g/mol. The molecular weight excluding hydrogens is 1090 g/mol. The number of carbonyl (C=O) groups is 12. The van der Waals surface area contributed by atoms with Crippen LogP contribution >= 0.6 is 0 Å². The molecule has 30 nitrogen and oxygen atoms in total. The summed E-state index contributed by atoms with van der Waals surface area (Å²) in [7, 11) is 0. The van der Waals surface area contributed by atoms with Crippen LogP contribution in [0.1, 0.15) is 99.8 Å². The van der Waals surface area contributed by atoms with Crippen LogP contribution in [0.5, 0.6) is 0 Å².